The van der Waals surface area contributed by atoms with Crippen molar-refractivity contribution in [2.75, 3.05) is 7.11 Å². The molecule has 1 rings (SSSR count). The molecular weight excluding hydrogens is 254 g/mol. The van der Waals surface area contributed by atoms with Gasteiger partial charge in [-0.25, -0.2) is 0 Å². The van der Waals surface area contributed by atoms with Gasteiger partial charge in [0.05, 0.1) is 24.2 Å². The molecule has 0 bridgehead atoms. The zero-order chi connectivity index (χ0) is 13.2. The summed E-state index contributed by atoms with van der Waals surface area (Å²) in [5, 5.41) is 19.2. The molecule has 0 amide bonds. The van der Waals surface area contributed by atoms with E-state index in [0.717, 1.165) is 13.2 Å². The lowest BCUT2D eigenvalue weighted by Gasteiger charge is -2.00. The smallest absolute Gasteiger partial charge is 0.428 e. The number of benzene rings is 1. The average Bonchev–Trinajstić information content (AvgIpc) is 2.25. The lowest BCUT2D eigenvalue weighted by molar-refractivity contribution is -0.387. The van der Waals surface area contributed by atoms with E-state index in [-0.39, 0.29) is 11.4 Å². The van der Waals surface area contributed by atoms with Crippen LogP contribution in [0.2, 0.25) is 0 Å². The van der Waals surface area contributed by atoms with E-state index in [0.29, 0.717) is 6.07 Å². The second kappa shape index (κ2) is 4.32. The molecule has 9 nitrogen and oxygen atoms in total. The topological polar surface area (TPSA) is 135 Å². The fourth-order valence-corrected chi connectivity index (χ4v) is 1.79. The Labute approximate surface area is 95.2 Å². The molecule has 0 saturated heterocycles. The molecule has 0 atom stereocenters. The summed E-state index contributed by atoms with van der Waals surface area (Å²) >= 11 is 0. The van der Waals surface area contributed by atoms with Crippen molar-refractivity contribution in [3.05, 3.63) is 27.2 Å². The number of hydrogen-bond acceptors (Lipinski definition) is 6. The van der Waals surface area contributed by atoms with Crippen LogP contribution < -0.4 is 4.74 Å². The molecule has 0 spiro atoms. The third-order valence-corrected chi connectivity index (χ3v) is 2.73. The van der Waals surface area contributed by atoms with Gasteiger partial charge in [-0.2, -0.15) is 8.42 Å². The van der Waals surface area contributed by atoms with E-state index in [1.54, 1.807) is 0 Å². The van der Waals surface area contributed by atoms with Crippen molar-refractivity contribution in [3.8, 4) is 5.75 Å². The minimum atomic E-state index is -4.80. The van der Waals surface area contributed by atoms with Crippen LogP contribution in [0.5, 0.6) is 5.75 Å². The lowest BCUT2D eigenvalue weighted by Crippen LogP contribution is -2.03. The highest BCUT2D eigenvalue weighted by Gasteiger charge is 2.31. The van der Waals surface area contributed by atoms with Crippen LogP contribution in [0, 0.1) is 15.5 Å². The molecule has 1 N–H and O–H groups in total. The summed E-state index contributed by atoms with van der Waals surface area (Å²) in [5.41, 5.74) is -1.23. The molecule has 0 unspecified atom stereocenters. The van der Waals surface area contributed by atoms with Crippen LogP contribution in [-0.2, 0) is 10.1 Å². The maximum atomic E-state index is 10.9. The standard InChI is InChI=1S/C7H5N3O6S/c1-16-6-3-5(10(11)12)7(17(13,14)15)2-4(6)9-8/h2-3H,1H3/p+1. The van der Waals surface area contributed by atoms with Gasteiger partial charge < -0.3 is 4.74 Å². The van der Waals surface area contributed by atoms with E-state index < -0.39 is 25.6 Å². The Kier molecular flexibility index (Phi) is 3.26. The Hall–Kier alpha value is -2.25. The van der Waals surface area contributed by atoms with Crippen LogP contribution >= 0.6 is 0 Å². The molecule has 1 aromatic carbocycles. The third kappa shape index (κ3) is 2.47. The van der Waals surface area contributed by atoms with Gasteiger partial charge in [0.2, 0.25) is 11.1 Å². The van der Waals surface area contributed by atoms with Gasteiger partial charge in [0.1, 0.15) is 0 Å². The number of nitro groups is 1. The molecule has 0 heterocycles. The molecule has 0 aliphatic carbocycles. The first kappa shape index (κ1) is 12.8. The summed E-state index contributed by atoms with van der Waals surface area (Å²) in [6.45, 7) is 0. The van der Waals surface area contributed by atoms with E-state index in [2.05, 4.69) is 9.71 Å². The monoisotopic (exact) mass is 260 g/mol. The minimum Gasteiger partial charge on any atom is -0.489 e. The summed E-state index contributed by atoms with van der Waals surface area (Å²) < 4.78 is 35.3. The average molecular weight is 260 g/mol. The summed E-state index contributed by atoms with van der Waals surface area (Å²) in [4.78, 5) is 11.3. The maximum Gasteiger partial charge on any atom is 0.428 e. The summed E-state index contributed by atoms with van der Waals surface area (Å²) in [5.74, 6) is -0.202. The Morgan fingerprint density at radius 2 is 2.12 bits per heavy atom. The number of methoxy groups -OCH3 is 1. The van der Waals surface area contributed by atoms with Crippen LogP contribution in [0.1, 0.15) is 0 Å². The number of ether oxygens (including phenoxy) is 1. The van der Waals surface area contributed by atoms with Gasteiger partial charge in [0.25, 0.3) is 5.69 Å². The second-order valence-electron chi connectivity index (χ2n) is 2.82. The Morgan fingerprint density at radius 3 is 2.47 bits per heavy atom. The predicted octanol–water partition coefficient (Wildman–Crippen LogP) is 1.33. The first-order chi connectivity index (χ1) is 7.81. The van der Waals surface area contributed by atoms with Crippen LogP contribution in [0.3, 0.4) is 0 Å². The Morgan fingerprint density at radius 1 is 1.53 bits per heavy atom. The van der Waals surface area contributed by atoms with E-state index in [1.807, 2.05) is 0 Å². The fraction of sp³-hybridized carbons (Fsp3) is 0.143. The largest absolute Gasteiger partial charge is 0.489 e. The molecule has 0 radical (unpaired) electrons. The Bertz CT molecular complexity index is 617. The molecule has 10 heteroatoms. The van der Waals surface area contributed by atoms with Gasteiger partial charge in [-0.3, -0.25) is 14.7 Å². The number of nitro benzene ring substituents is 1. The summed E-state index contributed by atoms with van der Waals surface area (Å²) in [6.07, 6.45) is 0. The van der Waals surface area contributed by atoms with E-state index in [9.17, 15) is 18.5 Å². The molecule has 0 fully saturated rings. The van der Waals surface area contributed by atoms with Gasteiger partial charge in [-0.05, 0) is 0 Å². The van der Waals surface area contributed by atoms with Crippen molar-refractivity contribution >= 4 is 21.5 Å². The minimum absolute atomic E-state index is 0.202. The molecule has 0 aliphatic heterocycles. The van der Waals surface area contributed by atoms with Gasteiger partial charge in [0, 0.05) is 0 Å². The fourth-order valence-electron chi connectivity index (χ4n) is 1.13. The molecular formula is C7H6N3O6S+. The van der Waals surface area contributed by atoms with Crippen LogP contribution in [0.25, 0.3) is 4.98 Å². The highest BCUT2D eigenvalue weighted by Crippen LogP contribution is 2.36. The van der Waals surface area contributed by atoms with Gasteiger partial charge in [0.15, 0.2) is 9.87 Å². The van der Waals surface area contributed by atoms with Crippen molar-refractivity contribution in [2.45, 2.75) is 4.90 Å². The van der Waals surface area contributed by atoms with Gasteiger partial charge >= 0.3 is 15.8 Å². The molecule has 0 saturated carbocycles. The van der Waals surface area contributed by atoms with Gasteiger partial charge in [-0.15, -0.1) is 0 Å². The first-order valence-corrected chi connectivity index (χ1v) is 5.44. The van der Waals surface area contributed by atoms with Crippen molar-refractivity contribution in [1.29, 1.82) is 5.39 Å². The predicted molar refractivity (Wildman–Crippen MR) is 54.2 cm³/mol. The van der Waals surface area contributed by atoms with E-state index >= 15 is 0 Å². The molecule has 1 aromatic rings. The zero-order valence-electron chi connectivity index (χ0n) is 8.39. The summed E-state index contributed by atoms with van der Waals surface area (Å²) in [7, 11) is -3.65. The lowest BCUT2D eigenvalue weighted by atomic mass is 10.2. The maximum absolute atomic E-state index is 10.9. The first-order valence-electron chi connectivity index (χ1n) is 4.00. The SMILES string of the molecule is COc1cc([N+](=O)[O-])c(S(=O)(=O)O)cc1[N+]#N. The van der Waals surface area contributed by atoms with Crippen LogP contribution in [-0.4, -0.2) is 25.0 Å². The number of diazo groups is 1. The summed E-state index contributed by atoms with van der Waals surface area (Å²) in [6, 6.07) is 1.37. The quantitative estimate of drug-likeness (QED) is 0.374. The number of nitrogens with zero attached hydrogens (tertiary/aromatic N) is 3. The highest BCUT2D eigenvalue weighted by atomic mass is 32.2. The molecule has 17 heavy (non-hydrogen) atoms. The Balaban J connectivity index is 3.71. The highest BCUT2D eigenvalue weighted by molar-refractivity contribution is 7.86. The second-order valence-corrected chi connectivity index (χ2v) is 4.21. The normalized spacial score (nSPS) is 10.6. The number of rotatable bonds is 3. The van der Waals surface area contributed by atoms with E-state index in [4.69, 9.17) is 9.95 Å². The third-order valence-electron chi connectivity index (χ3n) is 1.84. The van der Waals surface area contributed by atoms with Crippen molar-refractivity contribution in [2.24, 2.45) is 0 Å². The molecule has 0 aromatic heterocycles. The van der Waals surface area contributed by atoms with Crippen LogP contribution in [0.4, 0.5) is 11.4 Å². The van der Waals surface area contributed by atoms with E-state index in [1.165, 1.54) is 0 Å². The van der Waals surface area contributed by atoms with Gasteiger partial charge in [-0.1, -0.05) is 0 Å². The molecule has 0 aliphatic rings. The van der Waals surface area contributed by atoms with Crippen LogP contribution in [0.15, 0.2) is 17.0 Å². The van der Waals surface area contributed by atoms with Crippen molar-refractivity contribution in [3.63, 3.8) is 0 Å². The number of hydrogen-bond donors (Lipinski definition) is 1. The zero-order valence-corrected chi connectivity index (χ0v) is 9.21. The van der Waals surface area contributed by atoms with Crippen molar-refractivity contribution in [1.82, 2.24) is 0 Å². The molecule has 90 valence electrons. The van der Waals surface area contributed by atoms with Crippen molar-refractivity contribution < 1.29 is 22.6 Å².